The summed E-state index contributed by atoms with van der Waals surface area (Å²) in [7, 11) is 0. The van der Waals surface area contributed by atoms with Gasteiger partial charge in [-0.05, 0) is 37.8 Å². The largest absolute Gasteiger partial charge is 0.490 e. The molecule has 0 amide bonds. The number of carbonyl (C=O) groups is 1. The molecule has 0 saturated heterocycles. The van der Waals surface area contributed by atoms with Gasteiger partial charge in [-0.15, -0.1) is 0 Å². The standard InChI is InChI=1S/C23H38O3/c1-4-7-9-10-11-15-19-25-23(24)21-17-13-14-18-22(21)26-20(6-3)16-12-8-5-2/h13-14,17-18,20H,4-12,15-16,19H2,1-3H3. The molecule has 0 bridgehead atoms. The summed E-state index contributed by atoms with van der Waals surface area (Å²) in [5.74, 6) is 0.390. The van der Waals surface area contributed by atoms with E-state index in [0.717, 1.165) is 25.7 Å². The molecule has 0 aliphatic rings. The first-order chi connectivity index (χ1) is 12.7. The molecule has 0 spiro atoms. The maximum absolute atomic E-state index is 12.4. The van der Waals surface area contributed by atoms with Crippen molar-refractivity contribution in [2.45, 2.75) is 97.5 Å². The van der Waals surface area contributed by atoms with Gasteiger partial charge < -0.3 is 9.47 Å². The van der Waals surface area contributed by atoms with Crippen LogP contribution in [0, 0.1) is 0 Å². The third-order valence-corrected chi connectivity index (χ3v) is 4.72. The summed E-state index contributed by atoms with van der Waals surface area (Å²) in [6.45, 7) is 7.05. The number of esters is 1. The van der Waals surface area contributed by atoms with E-state index in [1.165, 1.54) is 44.9 Å². The van der Waals surface area contributed by atoms with Crippen LogP contribution < -0.4 is 4.74 Å². The summed E-state index contributed by atoms with van der Waals surface area (Å²) in [4.78, 5) is 12.4. The summed E-state index contributed by atoms with van der Waals surface area (Å²) in [5, 5.41) is 0. The number of carbonyl (C=O) groups excluding carboxylic acids is 1. The van der Waals surface area contributed by atoms with Gasteiger partial charge in [-0.2, -0.15) is 0 Å². The highest BCUT2D eigenvalue weighted by molar-refractivity contribution is 5.92. The van der Waals surface area contributed by atoms with E-state index in [1.807, 2.05) is 18.2 Å². The zero-order valence-corrected chi connectivity index (χ0v) is 17.1. The van der Waals surface area contributed by atoms with Crippen molar-refractivity contribution >= 4 is 5.97 Å². The van der Waals surface area contributed by atoms with Crippen LogP contribution in [0.4, 0.5) is 0 Å². The van der Waals surface area contributed by atoms with E-state index in [2.05, 4.69) is 20.8 Å². The Hall–Kier alpha value is -1.51. The van der Waals surface area contributed by atoms with Crippen molar-refractivity contribution in [3.05, 3.63) is 29.8 Å². The van der Waals surface area contributed by atoms with Crippen LogP contribution in [0.5, 0.6) is 5.75 Å². The van der Waals surface area contributed by atoms with Crippen molar-refractivity contribution < 1.29 is 14.3 Å². The Bertz CT molecular complexity index is 484. The molecule has 0 aromatic heterocycles. The van der Waals surface area contributed by atoms with Crippen LogP contribution in [0.1, 0.15) is 102 Å². The highest BCUT2D eigenvalue weighted by Crippen LogP contribution is 2.23. The molecule has 0 aliphatic heterocycles. The van der Waals surface area contributed by atoms with Gasteiger partial charge in [-0.1, -0.05) is 77.8 Å². The smallest absolute Gasteiger partial charge is 0.341 e. The van der Waals surface area contributed by atoms with Gasteiger partial charge in [-0.3, -0.25) is 0 Å². The summed E-state index contributed by atoms with van der Waals surface area (Å²) in [6, 6.07) is 7.46. The van der Waals surface area contributed by atoms with Gasteiger partial charge in [0, 0.05) is 0 Å². The maximum atomic E-state index is 12.4. The molecule has 148 valence electrons. The fourth-order valence-corrected chi connectivity index (χ4v) is 3.01. The van der Waals surface area contributed by atoms with E-state index in [4.69, 9.17) is 9.47 Å². The van der Waals surface area contributed by atoms with E-state index < -0.39 is 0 Å². The summed E-state index contributed by atoms with van der Waals surface area (Å²) >= 11 is 0. The van der Waals surface area contributed by atoms with E-state index in [-0.39, 0.29) is 12.1 Å². The van der Waals surface area contributed by atoms with Crippen LogP contribution in [-0.4, -0.2) is 18.7 Å². The SMILES string of the molecule is CCCCCCCCOC(=O)c1ccccc1OC(CC)CCCCC. The molecule has 0 fully saturated rings. The minimum Gasteiger partial charge on any atom is -0.490 e. The van der Waals surface area contributed by atoms with E-state index in [9.17, 15) is 4.79 Å². The fraction of sp³-hybridized carbons (Fsp3) is 0.696. The van der Waals surface area contributed by atoms with Gasteiger partial charge in [-0.25, -0.2) is 4.79 Å². The highest BCUT2D eigenvalue weighted by atomic mass is 16.5. The molecule has 0 N–H and O–H groups in total. The summed E-state index contributed by atoms with van der Waals surface area (Å²) in [5.41, 5.74) is 0.549. The molecule has 0 heterocycles. The molecule has 0 radical (unpaired) electrons. The Balaban J connectivity index is 2.46. The maximum Gasteiger partial charge on any atom is 0.341 e. The number of benzene rings is 1. The first-order valence-corrected chi connectivity index (χ1v) is 10.7. The molecule has 26 heavy (non-hydrogen) atoms. The molecule has 1 aromatic carbocycles. The van der Waals surface area contributed by atoms with Crippen LogP contribution >= 0.6 is 0 Å². The minimum absolute atomic E-state index is 0.161. The number of unbranched alkanes of at least 4 members (excludes halogenated alkanes) is 7. The Morgan fingerprint density at radius 1 is 0.885 bits per heavy atom. The topological polar surface area (TPSA) is 35.5 Å². The molecule has 3 heteroatoms. The lowest BCUT2D eigenvalue weighted by atomic mass is 10.1. The molecule has 1 rings (SSSR count). The summed E-state index contributed by atoms with van der Waals surface area (Å²) in [6.07, 6.45) is 12.8. The van der Waals surface area contributed by atoms with Crippen molar-refractivity contribution in [1.29, 1.82) is 0 Å². The zero-order valence-electron chi connectivity index (χ0n) is 17.1. The number of hydrogen-bond donors (Lipinski definition) is 0. The predicted molar refractivity (Wildman–Crippen MR) is 109 cm³/mol. The number of hydrogen-bond acceptors (Lipinski definition) is 3. The highest BCUT2D eigenvalue weighted by Gasteiger charge is 2.16. The minimum atomic E-state index is -0.266. The number of ether oxygens (including phenoxy) is 2. The second-order valence-electron chi connectivity index (χ2n) is 7.04. The van der Waals surface area contributed by atoms with Crippen molar-refractivity contribution in [2.75, 3.05) is 6.61 Å². The molecular formula is C23H38O3. The van der Waals surface area contributed by atoms with Crippen LogP contribution in [0.25, 0.3) is 0 Å². The molecule has 1 unspecified atom stereocenters. The molecule has 1 atom stereocenters. The van der Waals surface area contributed by atoms with Gasteiger partial charge in [0.25, 0.3) is 0 Å². The molecule has 0 saturated carbocycles. The van der Waals surface area contributed by atoms with E-state index in [1.54, 1.807) is 6.07 Å². The van der Waals surface area contributed by atoms with Crippen molar-refractivity contribution in [3.8, 4) is 5.75 Å². The lowest BCUT2D eigenvalue weighted by Gasteiger charge is -2.19. The second kappa shape index (κ2) is 14.6. The van der Waals surface area contributed by atoms with Gasteiger partial charge in [0.2, 0.25) is 0 Å². The van der Waals surface area contributed by atoms with Crippen LogP contribution in [-0.2, 0) is 4.74 Å². The molecular weight excluding hydrogens is 324 g/mol. The Morgan fingerprint density at radius 3 is 2.27 bits per heavy atom. The zero-order chi connectivity index (χ0) is 19.0. The van der Waals surface area contributed by atoms with Gasteiger partial charge in [0.05, 0.1) is 12.7 Å². The Morgan fingerprint density at radius 2 is 1.54 bits per heavy atom. The van der Waals surface area contributed by atoms with Crippen molar-refractivity contribution in [1.82, 2.24) is 0 Å². The first-order valence-electron chi connectivity index (χ1n) is 10.7. The van der Waals surface area contributed by atoms with E-state index >= 15 is 0 Å². The molecule has 3 nitrogen and oxygen atoms in total. The predicted octanol–water partition coefficient (Wildman–Crippen LogP) is 6.94. The number of para-hydroxylation sites is 1. The van der Waals surface area contributed by atoms with E-state index in [0.29, 0.717) is 17.9 Å². The summed E-state index contributed by atoms with van der Waals surface area (Å²) < 4.78 is 11.6. The lowest BCUT2D eigenvalue weighted by Crippen LogP contribution is -2.17. The molecule has 1 aromatic rings. The Labute approximate surface area is 160 Å². The lowest BCUT2D eigenvalue weighted by molar-refractivity contribution is 0.0489. The number of rotatable bonds is 15. The van der Waals surface area contributed by atoms with Gasteiger partial charge >= 0.3 is 5.97 Å². The van der Waals surface area contributed by atoms with Gasteiger partial charge in [0.15, 0.2) is 0 Å². The van der Waals surface area contributed by atoms with Crippen molar-refractivity contribution in [2.24, 2.45) is 0 Å². The average Bonchev–Trinajstić information content (AvgIpc) is 2.66. The van der Waals surface area contributed by atoms with Crippen LogP contribution in [0.2, 0.25) is 0 Å². The average molecular weight is 363 g/mol. The normalized spacial score (nSPS) is 12.0. The third kappa shape index (κ3) is 9.26. The van der Waals surface area contributed by atoms with Crippen LogP contribution in [0.15, 0.2) is 24.3 Å². The first kappa shape index (κ1) is 22.5. The Kier molecular flexibility index (Phi) is 12.7. The molecule has 0 aliphatic carbocycles. The second-order valence-corrected chi connectivity index (χ2v) is 7.04. The quantitative estimate of drug-likeness (QED) is 0.250. The third-order valence-electron chi connectivity index (χ3n) is 4.72. The van der Waals surface area contributed by atoms with Gasteiger partial charge in [0.1, 0.15) is 11.3 Å². The van der Waals surface area contributed by atoms with Crippen LogP contribution in [0.3, 0.4) is 0 Å². The monoisotopic (exact) mass is 362 g/mol. The fourth-order valence-electron chi connectivity index (χ4n) is 3.01. The van der Waals surface area contributed by atoms with Crippen molar-refractivity contribution in [3.63, 3.8) is 0 Å².